The Morgan fingerprint density at radius 3 is 3.00 bits per heavy atom. The number of nitrogens with zero attached hydrogens (tertiary/aromatic N) is 3. The van der Waals surface area contributed by atoms with Crippen LogP contribution < -0.4 is 11.1 Å². The summed E-state index contributed by atoms with van der Waals surface area (Å²) in [6.07, 6.45) is 3.15. The number of amides is 1. The molecule has 0 fully saturated rings. The van der Waals surface area contributed by atoms with E-state index in [9.17, 15) is 4.79 Å². The van der Waals surface area contributed by atoms with Gasteiger partial charge in [-0.1, -0.05) is 0 Å². The van der Waals surface area contributed by atoms with Crippen LogP contribution in [0.25, 0.3) is 0 Å². The van der Waals surface area contributed by atoms with Crippen molar-refractivity contribution in [2.24, 2.45) is 0 Å². The number of nitrogen functional groups attached to an aromatic ring is 1. The predicted molar refractivity (Wildman–Crippen MR) is 69.0 cm³/mol. The Balaban J connectivity index is 2.13. The van der Waals surface area contributed by atoms with Crippen LogP contribution in [0.1, 0.15) is 0 Å². The van der Waals surface area contributed by atoms with Crippen LogP contribution in [0.5, 0.6) is 0 Å². The van der Waals surface area contributed by atoms with Crippen molar-refractivity contribution < 1.29 is 9.53 Å². The highest BCUT2D eigenvalue weighted by Crippen LogP contribution is 1.96. The lowest BCUT2D eigenvalue weighted by molar-refractivity contribution is -0.121. The van der Waals surface area contributed by atoms with E-state index in [-0.39, 0.29) is 12.5 Å². The van der Waals surface area contributed by atoms with Crippen molar-refractivity contribution in [3.05, 3.63) is 12.4 Å². The summed E-state index contributed by atoms with van der Waals surface area (Å²) in [6.45, 7) is 3.13. The number of nitrogens with two attached hydrogens (primary N) is 1. The average Bonchev–Trinajstić information content (AvgIpc) is 2.72. The van der Waals surface area contributed by atoms with Crippen LogP contribution in [0.2, 0.25) is 0 Å². The first-order valence-electron chi connectivity index (χ1n) is 5.84. The second-order valence-electron chi connectivity index (χ2n) is 4.12. The van der Waals surface area contributed by atoms with Crippen LogP contribution >= 0.6 is 0 Å². The molecule has 0 aliphatic rings. The minimum absolute atomic E-state index is 0.0711. The third-order valence-corrected chi connectivity index (χ3v) is 2.45. The molecule has 0 aliphatic carbocycles. The molecule has 0 unspecified atom stereocenters. The zero-order valence-electron chi connectivity index (χ0n) is 10.9. The van der Waals surface area contributed by atoms with E-state index in [1.165, 1.54) is 10.9 Å². The summed E-state index contributed by atoms with van der Waals surface area (Å²) in [5, 5.41) is 6.77. The molecule has 0 radical (unpaired) electrons. The number of rotatable bonds is 8. The van der Waals surface area contributed by atoms with Gasteiger partial charge in [0.05, 0.1) is 18.5 Å². The molecule has 7 heteroatoms. The number of carbonyl (C=O) groups excluding carboxylic acids is 1. The van der Waals surface area contributed by atoms with Gasteiger partial charge in [0.1, 0.15) is 6.54 Å². The molecule has 1 aromatic heterocycles. The molecule has 3 N–H and O–H groups in total. The van der Waals surface area contributed by atoms with Crippen molar-refractivity contribution >= 4 is 11.6 Å². The number of ether oxygens (including phenoxy) is 1. The lowest BCUT2D eigenvalue weighted by Crippen LogP contribution is -2.35. The van der Waals surface area contributed by atoms with Crippen molar-refractivity contribution in [1.29, 1.82) is 0 Å². The molecule has 1 amide bonds. The minimum Gasteiger partial charge on any atom is -0.396 e. The molecule has 0 bridgehead atoms. The van der Waals surface area contributed by atoms with Crippen molar-refractivity contribution in [3.63, 3.8) is 0 Å². The fraction of sp³-hybridized carbons (Fsp3) is 0.636. The van der Waals surface area contributed by atoms with E-state index in [0.717, 1.165) is 13.1 Å². The van der Waals surface area contributed by atoms with Gasteiger partial charge in [0.25, 0.3) is 0 Å². The third kappa shape index (κ3) is 5.65. The summed E-state index contributed by atoms with van der Waals surface area (Å²) in [5.74, 6) is -0.0711. The Kier molecular flexibility index (Phi) is 6.16. The Morgan fingerprint density at radius 2 is 2.39 bits per heavy atom. The second kappa shape index (κ2) is 7.67. The van der Waals surface area contributed by atoms with E-state index >= 15 is 0 Å². The molecule has 102 valence electrons. The number of aromatic nitrogens is 2. The van der Waals surface area contributed by atoms with Gasteiger partial charge >= 0.3 is 0 Å². The van der Waals surface area contributed by atoms with E-state index in [2.05, 4.69) is 15.3 Å². The van der Waals surface area contributed by atoms with Gasteiger partial charge in [-0.15, -0.1) is 0 Å². The maximum absolute atomic E-state index is 11.6. The zero-order chi connectivity index (χ0) is 13.4. The number of methoxy groups -OCH3 is 1. The van der Waals surface area contributed by atoms with Crippen molar-refractivity contribution in [3.8, 4) is 0 Å². The number of carbonyl (C=O) groups is 1. The molecule has 1 heterocycles. The molecule has 1 rings (SSSR count). The van der Waals surface area contributed by atoms with Crippen LogP contribution in [0.4, 0.5) is 5.69 Å². The molecule has 1 aromatic rings. The minimum atomic E-state index is -0.0711. The number of hydrogen-bond acceptors (Lipinski definition) is 5. The molecule has 0 saturated heterocycles. The van der Waals surface area contributed by atoms with Gasteiger partial charge in [0, 0.05) is 32.9 Å². The smallest absolute Gasteiger partial charge is 0.241 e. The molecule has 18 heavy (non-hydrogen) atoms. The highest BCUT2D eigenvalue weighted by Gasteiger charge is 2.04. The first kappa shape index (κ1) is 14.5. The average molecular weight is 255 g/mol. The highest BCUT2D eigenvalue weighted by atomic mass is 16.5. The Hall–Kier alpha value is -1.60. The summed E-state index contributed by atoms with van der Waals surface area (Å²) in [6, 6.07) is 0. The van der Waals surface area contributed by atoms with E-state index in [0.29, 0.717) is 18.8 Å². The quantitative estimate of drug-likeness (QED) is 0.632. The van der Waals surface area contributed by atoms with Crippen molar-refractivity contribution in [1.82, 2.24) is 20.0 Å². The van der Waals surface area contributed by atoms with Crippen molar-refractivity contribution in [2.75, 3.05) is 46.1 Å². The van der Waals surface area contributed by atoms with Gasteiger partial charge in [-0.2, -0.15) is 5.10 Å². The molecule has 7 nitrogen and oxygen atoms in total. The number of nitrogens with one attached hydrogen (secondary N) is 1. The standard InChI is InChI=1S/C11H21N5O2/c1-15(5-6-18-2)4-3-13-11(17)9-16-8-10(12)7-14-16/h7-8H,3-6,9,12H2,1-2H3,(H,13,17). The first-order chi connectivity index (χ1) is 8.61. The van der Waals surface area contributed by atoms with Crippen LogP contribution in [0.15, 0.2) is 12.4 Å². The normalized spacial score (nSPS) is 10.8. The number of hydrogen-bond donors (Lipinski definition) is 2. The SMILES string of the molecule is COCCN(C)CCNC(=O)Cn1cc(N)cn1. The van der Waals surface area contributed by atoms with Gasteiger partial charge in [-0.25, -0.2) is 0 Å². The molecular weight excluding hydrogens is 234 g/mol. The summed E-state index contributed by atoms with van der Waals surface area (Å²) in [5.41, 5.74) is 6.06. The maximum Gasteiger partial charge on any atom is 0.241 e. The summed E-state index contributed by atoms with van der Waals surface area (Å²) < 4.78 is 6.48. The lowest BCUT2D eigenvalue weighted by Gasteiger charge is -2.16. The number of anilines is 1. The lowest BCUT2D eigenvalue weighted by atomic mass is 10.5. The molecular formula is C11H21N5O2. The summed E-state index contributed by atoms with van der Waals surface area (Å²) >= 11 is 0. The zero-order valence-corrected chi connectivity index (χ0v) is 10.9. The van der Waals surface area contributed by atoms with Crippen molar-refractivity contribution in [2.45, 2.75) is 6.54 Å². The van der Waals surface area contributed by atoms with E-state index in [1.807, 2.05) is 7.05 Å². The Morgan fingerprint density at radius 1 is 1.61 bits per heavy atom. The largest absolute Gasteiger partial charge is 0.396 e. The van der Waals surface area contributed by atoms with Crippen LogP contribution in [-0.4, -0.2) is 61.0 Å². The van der Waals surface area contributed by atoms with E-state index in [1.54, 1.807) is 13.3 Å². The molecule has 0 saturated carbocycles. The first-order valence-corrected chi connectivity index (χ1v) is 5.84. The Bertz CT molecular complexity index is 366. The van der Waals surface area contributed by atoms with Gasteiger partial charge < -0.3 is 20.7 Å². The highest BCUT2D eigenvalue weighted by molar-refractivity contribution is 5.75. The van der Waals surface area contributed by atoms with E-state index in [4.69, 9.17) is 10.5 Å². The number of likely N-dealkylation sites (N-methyl/N-ethyl adjacent to an activating group) is 1. The topological polar surface area (TPSA) is 85.4 Å². The van der Waals surface area contributed by atoms with E-state index < -0.39 is 0 Å². The monoisotopic (exact) mass is 255 g/mol. The maximum atomic E-state index is 11.6. The van der Waals surface area contributed by atoms with Gasteiger partial charge in [0.2, 0.25) is 5.91 Å². The van der Waals surface area contributed by atoms with Crippen LogP contribution in [0, 0.1) is 0 Å². The molecule has 0 aromatic carbocycles. The van der Waals surface area contributed by atoms with Gasteiger partial charge in [-0.3, -0.25) is 9.48 Å². The second-order valence-corrected chi connectivity index (χ2v) is 4.12. The van der Waals surface area contributed by atoms with Gasteiger partial charge in [0.15, 0.2) is 0 Å². The molecule has 0 atom stereocenters. The molecule has 0 spiro atoms. The fourth-order valence-corrected chi connectivity index (χ4v) is 1.41. The predicted octanol–water partition coefficient (Wildman–Crippen LogP) is -0.840. The summed E-state index contributed by atoms with van der Waals surface area (Å²) in [4.78, 5) is 13.7. The summed E-state index contributed by atoms with van der Waals surface area (Å²) in [7, 11) is 3.66. The van der Waals surface area contributed by atoms with Crippen LogP contribution in [-0.2, 0) is 16.1 Å². The molecule has 0 aliphatic heterocycles. The van der Waals surface area contributed by atoms with Crippen LogP contribution in [0.3, 0.4) is 0 Å². The fourth-order valence-electron chi connectivity index (χ4n) is 1.41. The Labute approximate surface area is 107 Å². The van der Waals surface area contributed by atoms with Gasteiger partial charge in [-0.05, 0) is 7.05 Å². The third-order valence-electron chi connectivity index (χ3n) is 2.45.